The van der Waals surface area contributed by atoms with E-state index in [0.29, 0.717) is 11.4 Å². The summed E-state index contributed by atoms with van der Waals surface area (Å²) in [4.78, 5) is 41.1. The van der Waals surface area contributed by atoms with Gasteiger partial charge in [0.05, 0.1) is 13.2 Å². The Labute approximate surface area is 172 Å². The van der Waals surface area contributed by atoms with E-state index >= 15 is 0 Å². The van der Waals surface area contributed by atoms with E-state index in [1.807, 2.05) is 13.8 Å². The highest BCUT2D eigenvalue weighted by atomic mass is 16.6. The molecule has 1 rings (SSSR count). The van der Waals surface area contributed by atoms with Crippen LogP contribution in [0, 0.1) is 11.8 Å². The van der Waals surface area contributed by atoms with Gasteiger partial charge in [0, 0.05) is 12.1 Å². The first-order chi connectivity index (χ1) is 13.5. The van der Waals surface area contributed by atoms with Gasteiger partial charge < -0.3 is 14.2 Å². The van der Waals surface area contributed by atoms with Crippen LogP contribution in [-0.2, 0) is 23.8 Å². The van der Waals surface area contributed by atoms with Crippen molar-refractivity contribution in [1.29, 1.82) is 0 Å². The van der Waals surface area contributed by atoms with Gasteiger partial charge in [-0.3, -0.25) is 14.9 Å². The lowest BCUT2D eigenvalue weighted by atomic mass is 9.78. The molecular weight excluding hydrogens is 376 g/mol. The number of carbonyl (C=O) groups is 3. The lowest BCUT2D eigenvalue weighted by Crippen LogP contribution is -2.35. The van der Waals surface area contributed by atoms with Gasteiger partial charge in [0.15, 0.2) is 5.92 Å². The van der Waals surface area contributed by atoms with E-state index in [1.165, 1.54) is 6.20 Å². The van der Waals surface area contributed by atoms with E-state index in [4.69, 9.17) is 14.2 Å². The molecule has 1 aromatic heterocycles. The van der Waals surface area contributed by atoms with Crippen LogP contribution in [0.4, 0.5) is 10.6 Å². The topological polar surface area (TPSA) is 104 Å². The average molecular weight is 408 g/mol. The van der Waals surface area contributed by atoms with Crippen LogP contribution in [0.2, 0.25) is 0 Å². The first-order valence-corrected chi connectivity index (χ1v) is 9.79. The highest BCUT2D eigenvalue weighted by molar-refractivity contribution is 5.96. The maximum absolute atomic E-state index is 12.5. The summed E-state index contributed by atoms with van der Waals surface area (Å²) in [6.07, 6.45) is 0.914. The minimum Gasteiger partial charge on any atom is -0.465 e. The number of aromatic nitrogens is 1. The number of ether oxygens (including phenoxy) is 3. The summed E-state index contributed by atoms with van der Waals surface area (Å²) < 4.78 is 15.4. The number of hydrogen-bond acceptors (Lipinski definition) is 7. The molecule has 1 aromatic rings. The Kier molecular flexibility index (Phi) is 9.07. The van der Waals surface area contributed by atoms with E-state index in [2.05, 4.69) is 10.3 Å². The van der Waals surface area contributed by atoms with E-state index in [9.17, 15) is 14.4 Å². The predicted molar refractivity (Wildman–Crippen MR) is 108 cm³/mol. The Balaban J connectivity index is 3.11. The molecule has 8 heteroatoms. The smallest absolute Gasteiger partial charge is 0.413 e. The van der Waals surface area contributed by atoms with Crippen LogP contribution in [0.5, 0.6) is 0 Å². The lowest BCUT2D eigenvalue weighted by molar-refractivity contribution is -0.163. The molecule has 1 heterocycles. The third kappa shape index (κ3) is 7.71. The van der Waals surface area contributed by atoms with Crippen molar-refractivity contribution >= 4 is 23.8 Å². The second-order valence-corrected chi connectivity index (χ2v) is 7.86. The number of esters is 2. The molecule has 0 aromatic carbocycles. The van der Waals surface area contributed by atoms with Gasteiger partial charge in [-0.1, -0.05) is 19.9 Å². The quantitative estimate of drug-likeness (QED) is 0.395. The SMILES string of the molecule is CCOC(=O)C(C(=O)OCC)C(c1ccc(NC(=O)OC(C)(C)C)nc1)C(C)C. The Morgan fingerprint density at radius 1 is 1.03 bits per heavy atom. The molecule has 1 unspecified atom stereocenters. The fraction of sp³-hybridized carbons (Fsp3) is 0.619. The number of nitrogens with zero attached hydrogens (tertiary/aromatic N) is 1. The summed E-state index contributed by atoms with van der Waals surface area (Å²) in [5.41, 5.74) is 0.0417. The van der Waals surface area contributed by atoms with Crippen molar-refractivity contribution in [3.8, 4) is 0 Å². The molecule has 0 bridgehead atoms. The normalized spacial score (nSPS) is 12.4. The second-order valence-electron chi connectivity index (χ2n) is 7.86. The van der Waals surface area contributed by atoms with Crippen molar-refractivity contribution in [3.05, 3.63) is 23.9 Å². The molecule has 0 aliphatic carbocycles. The number of rotatable bonds is 8. The minimum absolute atomic E-state index is 0.0692. The Hall–Kier alpha value is -2.64. The zero-order valence-electron chi connectivity index (χ0n) is 18.3. The lowest BCUT2D eigenvalue weighted by Gasteiger charge is -2.27. The van der Waals surface area contributed by atoms with Crippen molar-refractivity contribution in [1.82, 2.24) is 4.98 Å². The predicted octanol–water partition coefficient (Wildman–Crippen LogP) is 3.91. The van der Waals surface area contributed by atoms with E-state index in [1.54, 1.807) is 46.8 Å². The summed E-state index contributed by atoms with van der Waals surface area (Å²) in [6, 6.07) is 3.32. The Morgan fingerprint density at radius 3 is 1.97 bits per heavy atom. The molecule has 0 aliphatic rings. The van der Waals surface area contributed by atoms with Gasteiger partial charge in [0.2, 0.25) is 0 Å². The van der Waals surface area contributed by atoms with Gasteiger partial charge >= 0.3 is 18.0 Å². The number of amides is 1. The van der Waals surface area contributed by atoms with E-state index in [0.717, 1.165) is 0 Å². The first kappa shape index (κ1) is 24.4. The molecule has 0 spiro atoms. The number of anilines is 1. The second kappa shape index (κ2) is 10.8. The minimum atomic E-state index is -1.10. The molecule has 1 amide bonds. The molecule has 162 valence electrons. The number of carbonyl (C=O) groups excluding carboxylic acids is 3. The molecule has 0 saturated carbocycles. The highest BCUT2D eigenvalue weighted by Gasteiger charge is 2.40. The Bertz CT molecular complexity index is 676. The molecule has 0 fully saturated rings. The van der Waals surface area contributed by atoms with E-state index < -0.39 is 35.5 Å². The molecule has 0 aliphatic heterocycles. The Morgan fingerprint density at radius 2 is 1.59 bits per heavy atom. The van der Waals surface area contributed by atoms with Gasteiger partial charge in [-0.15, -0.1) is 0 Å². The van der Waals surface area contributed by atoms with E-state index in [-0.39, 0.29) is 19.1 Å². The van der Waals surface area contributed by atoms with Gasteiger partial charge in [-0.05, 0) is 52.2 Å². The maximum Gasteiger partial charge on any atom is 0.413 e. The zero-order chi connectivity index (χ0) is 22.2. The van der Waals surface area contributed by atoms with Crippen molar-refractivity contribution in [2.75, 3.05) is 18.5 Å². The number of hydrogen-bond donors (Lipinski definition) is 1. The summed E-state index contributed by atoms with van der Waals surface area (Å²) in [5.74, 6) is -2.60. The zero-order valence-corrected chi connectivity index (χ0v) is 18.3. The molecule has 1 N–H and O–H groups in total. The van der Waals surface area contributed by atoms with Crippen molar-refractivity contribution in [2.45, 2.75) is 60.0 Å². The van der Waals surface area contributed by atoms with Crippen LogP contribution < -0.4 is 5.32 Å². The maximum atomic E-state index is 12.5. The summed E-state index contributed by atoms with van der Waals surface area (Å²) in [6.45, 7) is 12.8. The largest absolute Gasteiger partial charge is 0.465 e. The molecule has 1 atom stereocenters. The summed E-state index contributed by atoms with van der Waals surface area (Å²) in [5, 5.41) is 2.55. The van der Waals surface area contributed by atoms with Crippen molar-refractivity contribution < 1.29 is 28.6 Å². The van der Waals surface area contributed by atoms with Crippen LogP contribution in [-0.4, -0.2) is 41.8 Å². The van der Waals surface area contributed by atoms with Crippen LogP contribution in [0.3, 0.4) is 0 Å². The monoisotopic (exact) mass is 408 g/mol. The molecule has 0 radical (unpaired) electrons. The number of nitrogens with one attached hydrogen (secondary N) is 1. The standard InChI is InChI=1S/C21H32N2O6/c1-8-27-18(24)17(19(25)28-9-2)16(13(3)4)14-10-11-15(22-12-14)23-20(26)29-21(5,6)7/h10-13,16-17H,8-9H2,1-7H3,(H,22,23,26). The van der Waals surface area contributed by atoms with Gasteiger partial charge in [-0.25, -0.2) is 9.78 Å². The summed E-state index contributed by atoms with van der Waals surface area (Å²) in [7, 11) is 0. The average Bonchev–Trinajstić information content (AvgIpc) is 2.58. The third-order valence-corrected chi connectivity index (χ3v) is 3.96. The third-order valence-electron chi connectivity index (χ3n) is 3.96. The van der Waals surface area contributed by atoms with Crippen LogP contribution in [0.15, 0.2) is 18.3 Å². The van der Waals surface area contributed by atoms with Crippen LogP contribution in [0.25, 0.3) is 0 Å². The van der Waals surface area contributed by atoms with Crippen LogP contribution >= 0.6 is 0 Å². The van der Waals surface area contributed by atoms with Gasteiger partial charge in [0.1, 0.15) is 11.4 Å². The summed E-state index contributed by atoms with van der Waals surface area (Å²) >= 11 is 0. The highest BCUT2D eigenvalue weighted by Crippen LogP contribution is 2.34. The fourth-order valence-corrected chi connectivity index (χ4v) is 2.90. The molecule has 8 nitrogen and oxygen atoms in total. The van der Waals surface area contributed by atoms with Gasteiger partial charge in [-0.2, -0.15) is 0 Å². The van der Waals surface area contributed by atoms with Gasteiger partial charge in [0.25, 0.3) is 0 Å². The first-order valence-electron chi connectivity index (χ1n) is 9.79. The molecule has 0 saturated heterocycles. The molecule has 29 heavy (non-hydrogen) atoms. The van der Waals surface area contributed by atoms with Crippen molar-refractivity contribution in [2.24, 2.45) is 11.8 Å². The molecular formula is C21H32N2O6. The number of pyridine rings is 1. The van der Waals surface area contributed by atoms with Crippen molar-refractivity contribution in [3.63, 3.8) is 0 Å². The fourth-order valence-electron chi connectivity index (χ4n) is 2.90. The van der Waals surface area contributed by atoms with Crippen LogP contribution in [0.1, 0.15) is 59.9 Å².